The summed E-state index contributed by atoms with van der Waals surface area (Å²) < 4.78 is 5.16. The summed E-state index contributed by atoms with van der Waals surface area (Å²) in [5, 5.41) is 6.68. The van der Waals surface area contributed by atoms with Gasteiger partial charge < -0.3 is 14.5 Å². The number of hydrogen-bond acceptors (Lipinski definition) is 7. The Morgan fingerprint density at radius 1 is 1.16 bits per heavy atom. The van der Waals surface area contributed by atoms with Gasteiger partial charge in [0, 0.05) is 13.6 Å². The summed E-state index contributed by atoms with van der Waals surface area (Å²) in [7, 11) is 3.24. The molecule has 2 atom stereocenters. The van der Waals surface area contributed by atoms with E-state index in [-0.39, 0.29) is 5.91 Å². The highest BCUT2D eigenvalue weighted by molar-refractivity contribution is 6.03. The number of likely N-dealkylation sites (N-methyl/N-ethyl adjacent to an activating group) is 1. The lowest BCUT2D eigenvalue weighted by Gasteiger charge is -2.36. The minimum atomic E-state index is -0.606. The highest BCUT2D eigenvalue weighted by atomic mass is 16.5. The number of hydrazone groups is 1. The standard InChI is InChI=1S/C22H24N6O3/c1-27-19-18(20(29)25-22(27)30)28(13-12-15-6-4-3-5-7-15)21(24-19)26-23-14-16-8-10-17(31-2)11-9-16/h3-11,14,18-19H,12-13H2,1-2H3,(H,24,26)(H,25,29,30)/b23-14+. The number of nitrogens with zero attached hydrogens (tertiary/aromatic N) is 4. The zero-order valence-corrected chi connectivity index (χ0v) is 17.4. The van der Waals surface area contributed by atoms with Crippen molar-refractivity contribution in [2.45, 2.75) is 18.6 Å². The van der Waals surface area contributed by atoms with Crippen molar-refractivity contribution in [2.75, 3.05) is 20.7 Å². The first-order valence-electron chi connectivity index (χ1n) is 9.96. The number of carbonyl (C=O) groups is 2. The number of carbonyl (C=O) groups excluding carboxylic acids is 2. The number of hydrogen-bond donors (Lipinski definition) is 2. The molecule has 2 N–H and O–H groups in total. The van der Waals surface area contributed by atoms with Crippen molar-refractivity contribution in [2.24, 2.45) is 10.1 Å². The van der Waals surface area contributed by atoms with E-state index < -0.39 is 18.2 Å². The van der Waals surface area contributed by atoms with Crippen LogP contribution in [-0.2, 0) is 11.2 Å². The average Bonchev–Trinajstić information content (AvgIpc) is 3.16. The first-order valence-corrected chi connectivity index (χ1v) is 9.96. The van der Waals surface area contributed by atoms with E-state index in [9.17, 15) is 9.59 Å². The molecular formula is C22H24N6O3. The van der Waals surface area contributed by atoms with Crippen molar-refractivity contribution in [3.05, 3.63) is 65.7 Å². The van der Waals surface area contributed by atoms with Gasteiger partial charge in [0.1, 0.15) is 5.75 Å². The largest absolute Gasteiger partial charge is 0.497 e. The molecule has 1 saturated heterocycles. The van der Waals surface area contributed by atoms with Crippen LogP contribution >= 0.6 is 0 Å². The molecule has 2 aromatic rings. The molecule has 1 fully saturated rings. The Labute approximate surface area is 180 Å². The van der Waals surface area contributed by atoms with Crippen LogP contribution < -0.4 is 15.5 Å². The molecule has 2 unspecified atom stereocenters. The van der Waals surface area contributed by atoms with Gasteiger partial charge in [-0.1, -0.05) is 30.3 Å². The second-order valence-corrected chi connectivity index (χ2v) is 7.29. The van der Waals surface area contributed by atoms with Gasteiger partial charge in [-0.05, 0) is 41.8 Å². The molecule has 4 rings (SSSR count). The molecule has 2 aliphatic rings. The van der Waals surface area contributed by atoms with Gasteiger partial charge in [0.25, 0.3) is 5.91 Å². The molecule has 9 heteroatoms. The van der Waals surface area contributed by atoms with Crippen molar-refractivity contribution in [3.8, 4) is 5.75 Å². The predicted molar refractivity (Wildman–Crippen MR) is 117 cm³/mol. The molecule has 0 spiro atoms. The van der Waals surface area contributed by atoms with Gasteiger partial charge >= 0.3 is 6.03 Å². The molecule has 0 aromatic heterocycles. The fourth-order valence-corrected chi connectivity index (χ4v) is 3.61. The summed E-state index contributed by atoms with van der Waals surface area (Å²) in [4.78, 5) is 32.5. The Bertz CT molecular complexity index is 1010. The number of aliphatic imine (C=N–C) groups is 1. The van der Waals surface area contributed by atoms with Crippen molar-refractivity contribution in [1.29, 1.82) is 0 Å². The van der Waals surface area contributed by atoms with Crippen molar-refractivity contribution in [3.63, 3.8) is 0 Å². The second-order valence-electron chi connectivity index (χ2n) is 7.29. The molecular weight excluding hydrogens is 396 g/mol. The Morgan fingerprint density at radius 3 is 2.61 bits per heavy atom. The number of amides is 3. The Balaban J connectivity index is 1.52. The zero-order chi connectivity index (χ0) is 21.8. The lowest BCUT2D eigenvalue weighted by Crippen LogP contribution is -2.64. The fraction of sp³-hybridized carbons (Fsp3) is 0.273. The summed E-state index contributed by atoms with van der Waals surface area (Å²) in [6.45, 7) is 0.546. The summed E-state index contributed by atoms with van der Waals surface area (Å²) in [5.74, 6) is 0.855. The average molecular weight is 420 g/mol. The molecule has 2 heterocycles. The Morgan fingerprint density at radius 2 is 1.90 bits per heavy atom. The molecule has 0 radical (unpaired) electrons. The number of imide groups is 1. The van der Waals surface area contributed by atoms with Gasteiger partial charge in [-0.15, -0.1) is 0 Å². The number of guanidine groups is 1. The zero-order valence-electron chi connectivity index (χ0n) is 17.4. The van der Waals surface area contributed by atoms with Gasteiger partial charge in [-0.2, -0.15) is 5.10 Å². The van der Waals surface area contributed by atoms with Crippen LogP contribution in [0.25, 0.3) is 0 Å². The van der Waals surface area contributed by atoms with Gasteiger partial charge in [0.05, 0.1) is 13.3 Å². The third-order valence-electron chi connectivity index (χ3n) is 5.34. The SMILES string of the molecule is COc1ccc(/C=N/NC2=NC3C(C(=O)NC(=O)N3C)N2CCc2ccccc2)cc1. The minimum Gasteiger partial charge on any atom is -0.497 e. The number of ether oxygens (including phenoxy) is 1. The summed E-state index contributed by atoms with van der Waals surface area (Å²) in [6.07, 6.45) is 1.78. The van der Waals surface area contributed by atoms with Gasteiger partial charge in [-0.3, -0.25) is 10.1 Å². The van der Waals surface area contributed by atoms with Gasteiger partial charge in [0.2, 0.25) is 5.96 Å². The van der Waals surface area contributed by atoms with Crippen LogP contribution in [0.3, 0.4) is 0 Å². The Kier molecular flexibility index (Phi) is 5.83. The number of benzene rings is 2. The summed E-state index contributed by atoms with van der Waals surface area (Å²) in [5.41, 5.74) is 4.98. The van der Waals surface area contributed by atoms with Crippen molar-refractivity contribution in [1.82, 2.24) is 20.5 Å². The van der Waals surface area contributed by atoms with E-state index in [2.05, 4.69) is 20.8 Å². The maximum absolute atomic E-state index is 12.6. The van der Waals surface area contributed by atoms with Crippen molar-refractivity contribution < 1.29 is 14.3 Å². The molecule has 0 bridgehead atoms. The van der Waals surface area contributed by atoms with Crippen LogP contribution in [0.1, 0.15) is 11.1 Å². The molecule has 31 heavy (non-hydrogen) atoms. The molecule has 160 valence electrons. The lowest BCUT2D eigenvalue weighted by atomic mass is 10.1. The number of fused-ring (bicyclic) bond motifs is 1. The third-order valence-corrected chi connectivity index (χ3v) is 5.34. The maximum Gasteiger partial charge on any atom is 0.325 e. The Hall–Kier alpha value is -3.88. The van der Waals surface area contributed by atoms with Crippen LogP contribution in [0, 0.1) is 0 Å². The van der Waals surface area contributed by atoms with E-state index in [1.807, 2.05) is 59.5 Å². The van der Waals surface area contributed by atoms with Crippen LogP contribution in [0.4, 0.5) is 4.79 Å². The van der Waals surface area contributed by atoms with E-state index in [0.717, 1.165) is 23.3 Å². The molecule has 2 aromatic carbocycles. The molecule has 0 saturated carbocycles. The van der Waals surface area contributed by atoms with Crippen LogP contribution in [0.2, 0.25) is 0 Å². The van der Waals surface area contributed by atoms with Gasteiger partial charge in [0.15, 0.2) is 12.2 Å². The quantitative estimate of drug-likeness (QED) is 0.544. The van der Waals surface area contributed by atoms with E-state index in [4.69, 9.17) is 4.74 Å². The molecule has 9 nitrogen and oxygen atoms in total. The topological polar surface area (TPSA) is 98.6 Å². The van der Waals surface area contributed by atoms with Crippen LogP contribution in [0.5, 0.6) is 5.75 Å². The summed E-state index contributed by atoms with van der Waals surface area (Å²) in [6, 6.07) is 16.4. The fourth-order valence-electron chi connectivity index (χ4n) is 3.61. The number of rotatable bonds is 6. The molecule has 0 aliphatic carbocycles. The first-order chi connectivity index (χ1) is 15.1. The maximum atomic E-state index is 12.6. The monoisotopic (exact) mass is 420 g/mol. The molecule has 3 amide bonds. The smallest absolute Gasteiger partial charge is 0.325 e. The summed E-state index contributed by atoms with van der Waals surface area (Å²) >= 11 is 0. The van der Waals surface area contributed by atoms with E-state index >= 15 is 0 Å². The second kappa shape index (κ2) is 8.86. The number of urea groups is 1. The van der Waals surface area contributed by atoms with Crippen LogP contribution in [0.15, 0.2) is 64.7 Å². The normalized spacial score (nSPS) is 20.5. The minimum absolute atomic E-state index is 0.360. The number of methoxy groups -OCH3 is 1. The van der Waals surface area contributed by atoms with E-state index in [0.29, 0.717) is 12.5 Å². The number of nitrogens with one attached hydrogen (secondary N) is 2. The molecule has 2 aliphatic heterocycles. The third kappa shape index (κ3) is 4.35. The van der Waals surface area contributed by atoms with E-state index in [1.54, 1.807) is 20.4 Å². The van der Waals surface area contributed by atoms with Crippen molar-refractivity contribution >= 4 is 24.1 Å². The highest BCUT2D eigenvalue weighted by Crippen LogP contribution is 2.23. The van der Waals surface area contributed by atoms with E-state index in [1.165, 1.54) is 4.90 Å². The predicted octanol–water partition coefficient (Wildman–Crippen LogP) is 1.41. The lowest BCUT2D eigenvalue weighted by molar-refractivity contribution is -0.127. The highest BCUT2D eigenvalue weighted by Gasteiger charge is 2.48. The first kappa shape index (κ1) is 20.4. The van der Waals surface area contributed by atoms with Gasteiger partial charge in [-0.25, -0.2) is 15.2 Å². The van der Waals surface area contributed by atoms with Crippen LogP contribution in [-0.4, -0.2) is 66.8 Å².